The zero-order valence-electron chi connectivity index (χ0n) is 18.1. The summed E-state index contributed by atoms with van der Waals surface area (Å²) >= 11 is 0. The maximum Gasteiger partial charge on any atom is 0.221 e. The molecule has 8 heteroatoms. The predicted octanol–water partition coefficient (Wildman–Crippen LogP) is 7.34. The van der Waals surface area contributed by atoms with Crippen LogP contribution in [-0.4, -0.2) is 18.1 Å². The molecule has 0 fully saturated rings. The minimum Gasteiger partial charge on any atom is -0.507 e. The number of carbonyl (C=O) groups excluding carboxylic acids is 1. The minimum absolute atomic E-state index is 0.170. The number of hydrogen-bond acceptors (Lipinski definition) is 7. The minimum atomic E-state index is -0.260. The van der Waals surface area contributed by atoms with Crippen LogP contribution < -0.4 is 10.1 Å². The zero-order valence-corrected chi connectivity index (χ0v) is 18.1. The second-order valence-corrected chi connectivity index (χ2v) is 7.11. The SMILES string of the molecule is COc1cc(N=Nc2ccccc2)c(NC(C)=O)cc1N=Nc1ccc(O)c2ccccc12. The van der Waals surface area contributed by atoms with Crippen molar-refractivity contribution in [2.24, 2.45) is 20.5 Å². The van der Waals surface area contributed by atoms with Crippen molar-refractivity contribution in [1.29, 1.82) is 0 Å². The predicted molar refractivity (Wildman–Crippen MR) is 128 cm³/mol. The van der Waals surface area contributed by atoms with Gasteiger partial charge in [-0.1, -0.05) is 42.5 Å². The lowest BCUT2D eigenvalue weighted by atomic mass is 10.1. The molecule has 0 bridgehead atoms. The molecule has 0 aliphatic rings. The molecule has 0 unspecified atom stereocenters. The van der Waals surface area contributed by atoms with E-state index in [1.165, 1.54) is 14.0 Å². The maximum absolute atomic E-state index is 11.8. The summed E-state index contributed by atoms with van der Waals surface area (Å²) in [5.41, 5.74) is 2.50. The summed E-state index contributed by atoms with van der Waals surface area (Å²) in [5, 5.41) is 31.5. The van der Waals surface area contributed by atoms with E-state index < -0.39 is 0 Å². The van der Waals surface area contributed by atoms with Gasteiger partial charge in [0.15, 0.2) is 0 Å². The summed E-state index contributed by atoms with van der Waals surface area (Å²) in [6.07, 6.45) is 0. The van der Waals surface area contributed by atoms with Gasteiger partial charge in [0, 0.05) is 23.8 Å². The van der Waals surface area contributed by atoms with Crippen molar-refractivity contribution < 1.29 is 14.6 Å². The van der Waals surface area contributed by atoms with E-state index in [9.17, 15) is 9.90 Å². The molecule has 0 aromatic heterocycles. The van der Waals surface area contributed by atoms with Crippen molar-refractivity contribution in [1.82, 2.24) is 0 Å². The highest BCUT2D eigenvalue weighted by Crippen LogP contribution is 2.40. The quantitative estimate of drug-likeness (QED) is 0.307. The molecule has 0 aliphatic heterocycles. The smallest absolute Gasteiger partial charge is 0.221 e. The molecule has 33 heavy (non-hydrogen) atoms. The zero-order chi connectivity index (χ0) is 23.2. The van der Waals surface area contributed by atoms with Crippen molar-refractivity contribution in [2.75, 3.05) is 12.4 Å². The fourth-order valence-electron chi connectivity index (χ4n) is 3.24. The number of aromatic hydroxyl groups is 1. The number of fused-ring (bicyclic) bond motifs is 1. The number of azo groups is 2. The first-order chi connectivity index (χ1) is 16.0. The normalized spacial score (nSPS) is 11.3. The number of phenols is 1. The summed E-state index contributed by atoms with van der Waals surface area (Å²) in [5.74, 6) is 0.324. The number of nitrogens with zero attached hydrogens (tertiary/aromatic N) is 4. The van der Waals surface area contributed by atoms with E-state index in [4.69, 9.17) is 4.74 Å². The number of phenolic OH excluding ortho intramolecular Hbond substituents is 1. The molecular formula is C25H21N5O3. The van der Waals surface area contributed by atoms with Gasteiger partial charge in [0.25, 0.3) is 0 Å². The van der Waals surface area contributed by atoms with E-state index in [0.29, 0.717) is 39.6 Å². The molecule has 0 saturated carbocycles. The molecular weight excluding hydrogens is 418 g/mol. The Morgan fingerprint density at radius 2 is 1.45 bits per heavy atom. The second kappa shape index (κ2) is 9.69. The Morgan fingerprint density at radius 3 is 2.18 bits per heavy atom. The lowest BCUT2D eigenvalue weighted by molar-refractivity contribution is -0.114. The van der Waals surface area contributed by atoms with E-state index in [-0.39, 0.29) is 11.7 Å². The van der Waals surface area contributed by atoms with E-state index in [1.807, 2.05) is 54.6 Å². The van der Waals surface area contributed by atoms with Crippen molar-refractivity contribution in [3.63, 3.8) is 0 Å². The van der Waals surface area contributed by atoms with Gasteiger partial charge in [-0.05, 0) is 30.3 Å². The highest BCUT2D eigenvalue weighted by Gasteiger charge is 2.12. The Labute approximate surface area is 190 Å². The molecule has 8 nitrogen and oxygen atoms in total. The fraction of sp³-hybridized carbons (Fsp3) is 0.0800. The molecule has 4 aromatic carbocycles. The summed E-state index contributed by atoms with van der Waals surface area (Å²) in [4.78, 5) is 11.8. The lowest BCUT2D eigenvalue weighted by Gasteiger charge is -2.10. The van der Waals surface area contributed by atoms with Crippen molar-refractivity contribution in [3.8, 4) is 11.5 Å². The summed E-state index contributed by atoms with van der Waals surface area (Å²) in [7, 11) is 1.51. The van der Waals surface area contributed by atoms with Gasteiger partial charge in [0.05, 0.1) is 24.2 Å². The van der Waals surface area contributed by atoms with Crippen LogP contribution in [0.25, 0.3) is 10.8 Å². The number of methoxy groups -OCH3 is 1. The number of carbonyl (C=O) groups is 1. The van der Waals surface area contributed by atoms with Gasteiger partial charge in [0.2, 0.25) is 5.91 Å². The first kappa shape index (κ1) is 21.6. The highest BCUT2D eigenvalue weighted by molar-refractivity contribution is 5.96. The molecule has 0 radical (unpaired) electrons. The molecule has 0 atom stereocenters. The second-order valence-electron chi connectivity index (χ2n) is 7.11. The summed E-state index contributed by atoms with van der Waals surface area (Å²) in [6, 6.07) is 23.2. The van der Waals surface area contributed by atoms with Crippen LogP contribution in [0.2, 0.25) is 0 Å². The number of amides is 1. The number of benzene rings is 4. The van der Waals surface area contributed by atoms with Crippen LogP contribution in [0.1, 0.15) is 6.92 Å². The summed E-state index contributed by atoms with van der Waals surface area (Å²) in [6.45, 7) is 1.41. The monoisotopic (exact) mass is 439 g/mol. The molecule has 0 spiro atoms. The van der Waals surface area contributed by atoms with E-state index in [2.05, 4.69) is 25.8 Å². The topological polar surface area (TPSA) is 108 Å². The molecule has 4 aromatic rings. The standard InChI is InChI=1S/C25H21N5O3/c1-16(31)26-21-14-23(25(33-2)15-22(21)29-27-17-8-4-3-5-9-17)30-28-20-12-13-24(32)19-11-7-6-10-18(19)20/h3-15,32H,1-2H3,(H,26,31). The Kier molecular flexibility index (Phi) is 6.36. The Morgan fingerprint density at radius 1 is 0.788 bits per heavy atom. The molecule has 1 amide bonds. The van der Waals surface area contributed by atoms with Gasteiger partial charge in [0.1, 0.15) is 22.9 Å². The van der Waals surface area contributed by atoms with Crippen LogP contribution in [-0.2, 0) is 4.79 Å². The van der Waals surface area contributed by atoms with Crippen molar-refractivity contribution in [3.05, 3.63) is 78.9 Å². The van der Waals surface area contributed by atoms with Gasteiger partial charge >= 0.3 is 0 Å². The third kappa shape index (κ3) is 5.01. The van der Waals surface area contributed by atoms with Crippen molar-refractivity contribution >= 4 is 45.1 Å². The van der Waals surface area contributed by atoms with Crippen LogP contribution in [0, 0.1) is 0 Å². The molecule has 0 aliphatic carbocycles. The molecule has 4 rings (SSSR count). The van der Waals surface area contributed by atoms with Crippen LogP contribution >= 0.6 is 0 Å². The van der Waals surface area contributed by atoms with Crippen LogP contribution in [0.3, 0.4) is 0 Å². The number of anilines is 1. The van der Waals surface area contributed by atoms with Crippen molar-refractivity contribution in [2.45, 2.75) is 6.92 Å². The van der Waals surface area contributed by atoms with Crippen LogP contribution in [0.5, 0.6) is 11.5 Å². The Balaban J connectivity index is 1.75. The van der Waals surface area contributed by atoms with Crippen LogP contribution in [0.15, 0.2) is 99.3 Å². The third-order valence-electron chi connectivity index (χ3n) is 4.78. The number of nitrogens with one attached hydrogen (secondary N) is 1. The molecule has 164 valence electrons. The average Bonchev–Trinajstić information content (AvgIpc) is 2.83. The van der Waals surface area contributed by atoms with Gasteiger partial charge in [-0.25, -0.2) is 0 Å². The molecule has 0 heterocycles. The van der Waals surface area contributed by atoms with Gasteiger partial charge in [-0.15, -0.1) is 15.3 Å². The van der Waals surface area contributed by atoms with Gasteiger partial charge in [-0.2, -0.15) is 5.11 Å². The fourth-order valence-corrected chi connectivity index (χ4v) is 3.24. The summed E-state index contributed by atoms with van der Waals surface area (Å²) < 4.78 is 5.48. The highest BCUT2D eigenvalue weighted by atomic mass is 16.5. The van der Waals surface area contributed by atoms with Crippen LogP contribution in [0.4, 0.5) is 28.4 Å². The molecule has 0 saturated heterocycles. The number of ether oxygens (including phenoxy) is 1. The van der Waals surface area contributed by atoms with E-state index in [0.717, 1.165) is 5.39 Å². The van der Waals surface area contributed by atoms with E-state index in [1.54, 1.807) is 24.3 Å². The first-order valence-electron chi connectivity index (χ1n) is 10.1. The Bertz CT molecular complexity index is 1370. The maximum atomic E-state index is 11.8. The first-order valence-corrected chi connectivity index (χ1v) is 10.1. The number of hydrogen-bond donors (Lipinski definition) is 2. The van der Waals surface area contributed by atoms with Gasteiger partial charge in [-0.3, -0.25) is 4.79 Å². The lowest BCUT2D eigenvalue weighted by Crippen LogP contribution is -2.05. The largest absolute Gasteiger partial charge is 0.507 e. The van der Waals surface area contributed by atoms with Gasteiger partial charge < -0.3 is 15.2 Å². The third-order valence-corrected chi connectivity index (χ3v) is 4.78. The van der Waals surface area contributed by atoms with E-state index >= 15 is 0 Å². The Hall–Kier alpha value is -4.59. The number of rotatable bonds is 6. The average molecular weight is 439 g/mol. The molecule has 2 N–H and O–H groups in total.